The molecule has 0 unspecified atom stereocenters. The molecule has 1 aromatic rings. The summed E-state index contributed by atoms with van der Waals surface area (Å²) in [6, 6.07) is 4.13. The number of benzene rings is 1. The molecule has 1 N–H and O–H groups in total. The van der Waals surface area contributed by atoms with Crippen molar-refractivity contribution in [3.63, 3.8) is 0 Å². The zero-order chi connectivity index (χ0) is 17.5. The molecular formula is C17H24O6. The van der Waals surface area contributed by atoms with Gasteiger partial charge in [0.05, 0.1) is 12.2 Å². The molecule has 0 fully saturated rings. The highest BCUT2D eigenvalue weighted by atomic mass is 16.6. The third-order valence-electron chi connectivity index (χ3n) is 2.69. The summed E-state index contributed by atoms with van der Waals surface area (Å²) >= 11 is 0. The summed E-state index contributed by atoms with van der Waals surface area (Å²) in [5.41, 5.74) is -0.377. The van der Waals surface area contributed by atoms with Crippen LogP contribution >= 0.6 is 0 Å². The zero-order valence-electron chi connectivity index (χ0n) is 14.0. The van der Waals surface area contributed by atoms with Crippen LogP contribution in [0.2, 0.25) is 0 Å². The van der Waals surface area contributed by atoms with Crippen LogP contribution in [0.25, 0.3) is 0 Å². The molecule has 1 rings (SSSR count). The predicted molar refractivity (Wildman–Crippen MR) is 84.6 cm³/mol. The SMILES string of the molecule is CCCCOC(=O)c1ccc(OCC(=O)OC(C)(C)C)c(O)c1. The summed E-state index contributed by atoms with van der Waals surface area (Å²) < 4.78 is 15.3. The third-order valence-corrected chi connectivity index (χ3v) is 2.69. The van der Waals surface area contributed by atoms with E-state index < -0.39 is 17.5 Å². The van der Waals surface area contributed by atoms with Gasteiger partial charge in [-0.1, -0.05) is 13.3 Å². The van der Waals surface area contributed by atoms with Gasteiger partial charge in [-0.3, -0.25) is 0 Å². The van der Waals surface area contributed by atoms with Gasteiger partial charge >= 0.3 is 11.9 Å². The van der Waals surface area contributed by atoms with E-state index in [1.807, 2.05) is 6.92 Å². The summed E-state index contributed by atoms with van der Waals surface area (Å²) in [7, 11) is 0. The molecular weight excluding hydrogens is 300 g/mol. The molecule has 0 radical (unpaired) electrons. The van der Waals surface area contributed by atoms with Gasteiger partial charge in [-0.15, -0.1) is 0 Å². The Bertz CT molecular complexity index is 545. The minimum Gasteiger partial charge on any atom is -0.504 e. The fraction of sp³-hybridized carbons (Fsp3) is 0.529. The van der Waals surface area contributed by atoms with Gasteiger partial charge < -0.3 is 19.3 Å². The highest BCUT2D eigenvalue weighted by molar-refractivity contribution is 5.90. The average Bonchev–Trinajstić information content (AvgIpc) is 2.44. The molecule has 0 heterocycles. The summed E-state index contributed by atoms with van der Waals surface area (Å²) in [5, 5.41) is 9.87. The molecule has 128 valence electrons. The first-order valence-corrected chi connectivity index (χ1v) is 7.57. The van der Waals surface area contributed by atoms with Gasteiger partial charge in [0.1, 0.15) is 5.60 Å². The number of hydrogen-bond donors (Lipinski definition) is 1. The fourth-order valence-corrected chi connectivity index (χ4v) is 1.67. The maximum Gasteiger partial charge on any atom is 0.344 e. The lowest BCUT2D eigenvalue weighted by Crippen LogP contribution is -2.27. The molecule has 6 heteroatoms. The molecule has 6 nitrogen and oxygen atoms in total. The molecule has 1 aromatic carbocycles. The molecule has 23 heavy (non-hydrogen) atoms. The van der Waals surface area contributed by atoms with Gasteiger partial charge in [-0.25, -0.2) is 9.59 Å². The predicted octanol–water partition coefficient (Wildman–Crippen LogP) is 3.07. The van der Waals surface area contributed by atoms with Crippen molar-refractivity contribution in [2.45, 2.75) is 46.1 Å². The van der Waals surface area contributed by atoms with E-state index in [1.165, 1.54) is 18.2 Å². The lowest BCUT2D eigenvalue weighted by Gasteiger charge is -2.19. The van der Waals surface area contributed by atoms with Gasteiger partial charge in [-0.2, -0.15) is 0 Å². The molecule has 0 saturated heterocycles. The normalized spacial score (nSPS) is 11.0. The van der Waals surface area contributed by atoms with Crippen LogP contribution in [0.5, 0.6) is 11.5 Å². The van der Waals surface area contributed by atoms with Crippen LogP contribution < -0.4 is 4.74 Å². The lowest BCUT2D eigenvalue weighted by molar-refractivity contribution is -0.157. The summed E-state index contributed by atoms with van der Waals surface area (Å²) in [6.45, 7) is 7.26. The highest BCUT2D eigenvalue weighted by Gasteiger charge is 2.17. The third kappa shape index (κ3) is 7.04. The number of aromatic hydroxyl groups is 1. The van der Waals surface area contributed by atoms with Gasteiger partial charge in [0.15, 0.2) is 18.1 Å². The van der Waals surface area contributed by atoms with Crippen molar-refractivity contribution in [3.05, 3.63) is 23.8 Å². The first-order valence-electron chi connectivity index (χ1n) is 7.57. The Morgan fingerprint density at radius 1 is 1.22 bits per heavy atom. The fourth-order valence-electron chi connectivity index (χ4n) is 1.67. The average molecular weight is 324 g/mol. The van der Waals surface area contributed by atoms with Crippen LogP contribution in [0, 0.1) is 0 Å². The molecule has 0 aliphatic carbocycles. The maximum absolute atomic E-state index is 11.8. The van der Waals surface area contributed by atoms with Crippen molar-refractivity contribution in [1.82, 2.24) is 0 Å². The Morgan fingerprint density at radius 3 is 2.48 bits per heavy atom. The Labute approximate surface area is 136 Å². The van der Waals surface area contributed by atoms with E-state index in [4.69, 9.17) is 14.2 Å². The van der Waals surface area contributed by atoms with Gasteiger partial charge in [0.2, 0.25) is 0 Å². The van der Waals surface area contributed by atoms with Crippen molar-refractivity contribution in [3.8, 4) is 11.5 Å². The number of esters is 2. The second-order valence-corrected chi connectivity index (χ2v) is 6.05. The second-order valence-electron chi connectivity index (χ2n) is 6.05. The van der Waals surface area contributed by atoms with Crippen LogP contribution in [0.3, 0.4) is 0 Å². The number of phenolic OH excluding ortho intramolecular Hbond substituents is 1. The molecule has 0 aromatic heterocycles. The number of unbranched alkanes of at least 4 members (excludes halogenated alkanes) is 1. The number of hydrogen-bond acceptors (Lipinski definition) is 6. The molecule has 0 aliphatic rings. The largest absolute Gasteiger partial charge is 0.504 e. The van der Waals surface area contributed by atoms with E-state index in [-0.39, 0.29) is 23.7 Å². The van der Waals surface area contributed by atoms with E-state index in [1.54, 1.807) is 20.8 Å². The van der Waals surface area contributed by atoms with Crippen LogP contribution in [0.4, 0.5) is 0 Å². The molecule has 0 saturated carbocycles. The van der Waals surface area contributed by atoms with Crippen molar-refractivity contribution >= 4 is 11.9 Å². The minimum atomic E-state index is -0.603. The summed E-state index contributed by atoms with van der Waals surface area (Å²) in [6.07, 6.45) is 1.71. The first kappa shape index (κ1) is 18.8. The first-order chi connectivity index (χ1) is 10.7. The van der Waals surface area contributed by atoms with E-state index >= 15 is 0 Å². The lowest BCUT2D eigenvalue weighted by atomic mass is 10.2. The van der Waals surface area contributed by atoms with Crippen LogP contribution in [-0.4, -0.2) is 35.9 Å². The van der Waals surface area contributed by atoms with Crippen molar-refractivity contribution in [2.75, 3.05) is 13.2 Å². The van der Waals surface area contributed by atoms with Crippen LogP contribution in [0.15, 0.2) is 18.2 Å². The summed E-state index contributed by atoms with van der Waals surface area (Å²) in [5.74, 6) is -1.19. The van der Waals surface area contributed by atoms with Crippen LogP contribution in [-0.2, 0) is 14.3 Å². The number of ether oxygens (including phenoxy) is 3. The minimum absolute atomic E-state index is 0.0981. The molecule has 0 atom stereocenters. The van der Waals surface area contributed by atoms with E-state index in [9.17, 15) is 14.7 Å². The summed E-state index contributed by atoms with van der Waals surface area (Å²) in [4.78, 5) is 23.3. The smallest absolute Gasteiger partial charge is 0.344 e. The van der Waals surface area contributed by atoms with E-state index in [0.717, 1.165) is 12.8 Å². The Balaban J connectivity index is 2.59. The van der Waals surface area contributed by atoms with Crippen LogP contribution in [0.1, 0.15) is 50.9 Å². The number of phenols is 1. The molecule has 0 amide bonds. The van der Waals surface area contributed by atoms with Crippen molar-refractivity contribution < 1.29 is 28.9 Å². The van der Waals surface area contributed by atoms with Crippen molar-refractivity contribution in [1.29, 1.82) is 0 Å². The molecule has 0 spiro atoms. The highest BCUT2D eigenvalue weighted by Crippen LogP contribution is 2.27. The topological polar surface area (TPSA) is 82.1 Å². The Hall–Kier alpha value is -2.24. The number of carbonyl (C=O) groups excluding carboxylic acids is 2. The molecule has 0 bridgehead atoms. The maximum atomic E-state index is 11.8. The van der Waals surface area contributed by atoms with E-state index in [2.05, 4.69) is 0 Å². The quantitative estimate of drug-likeness (QED) is 0.613. The number of carbonyl (C=O) groups is 2. The Kier molecular flexibility index (Phi) is 6.88. The van der Waals surface area contributed by atoms with Crippen molar-refractivity contribution in [2.24, 2.45) is 0 Å². The van der Waals surface area contributed by atoms with Gasteiger partial charge in [0.25, 0.3) is 0 Å². The Morgan fingerprint density at radius 2 is 1.91 bits per heavy atom. The monoisotopic (exact) mass is 324 g/mol. The zero-order valence-corrected chi connectivity index (χ0v) is 14.0. The number of rotatable bonds is 7. The van der Waals surface area contributed by atoms with Gasteiger partial charge in [-0.05, 0) is 45.4 Å². The standard InChI is InChI=1S/C17H24O6/c1-5-6-9-21-16(20)12-7-8-14(13(18)10-12)22-11-15(19)23-17(2,3)4/h7-8,10,18H,5-6,9,11H2,1-4H3. The molecule has 0 aliphatic heterocycles. The van der Waals surface area contributed by atoms with E-state index in [0.29, 0.717) is 6.61 Å². The second kappa shape index (κ2) is 8.41. The van der Waals surface area contributed by atoms with Gasteiger partial charge in [0, 0.05) is 0 Å².